The summed E-state index contributed by atoms with van der Waals surface area (Å²) in [5.41, 5.74) is 4.16. The van der Waals surface area contributed by atoms with Crippen LogP contribution in [-0.4, -0.2) is 0 Å². The van der Waals surface area contributed by atoms with Gasteiger partial charge >= 0.3 is 0 Å². The van der Waals surface area contributed by atoms with Crippen LogP contribution in [0.4, 0.5) is 0 Å². The molecule has 0 nitrogen and oxygen atoms in total. The fraction of sp³-hybridized carbons (Fsp3) is 0.333. The first-order chi connectivity index (χ1) is 10.3. The Morgan fingerprint density at radius 3 is 1.86 bits per heavy atom. The number of hydrogen-bond acceptors (Lipinski definition) is 0. The molecule has 0 radical (unpaired) electrons. The third-order valence-electron chi connectivity index (χ3n) is 4.15. The van der Waals surface area contributed by atoms with Crippen LogP contribution in [-0.2, 0) is 0 Å². The highest BCUT2D eigenvalue weighted by Crippen LogP contribution is 2.34. The summed E-state index contributed by atoms with van der Waals surface area (Å²) in [6.07, 6.45) is 5.43. The minimum atomic E-state index is 0.744. The van der Waals surface area contributed by atoms with Crippen LogP contribution in [0.5, 0.6) is 0 Å². The Morgan fingerprint density at radius 1 is 0.667 bits per heavy atom. The standard InChI is InChI=1S/C21H26/c1-18-12-6-3-4-9-17-21(20-15-10-11-16-20)19(2)14-8-5-7-13-18/h3-9,12-14,17,20H,10-11,15-16H2,1-2H3. The smallest absolute Gasteiger partial charge is 0.0159 e. The summed E-state index contributed by atoms with van der Waals surface area (Å²) in [6.45, 7) is 4.35. The van der Waals surface area contributed by atoms with E-state index in [0.29, 0.717) is 0 Å². The monoisotopic (exact) mass is 278 g/mol. The summed E-state index contributed by atoms with van der Waals surface area (Å²) in [6, 6.07) is 23.7. The Bertz CT molecular complexity index is 563. The highest BCUT2D eigenvalue weighted by Gasteiger charge is 2.17. The van der Waals surface area contributed by atoms with Crippen LogP contribution in [0.2, 0.25) is 0 Å². The fourth-order valence-electron chi connectivity index (χ4n) is 2.94. The van der Waals surface area contributed by atoms with E-state index >= 15 is 0 Å². The highest BCUT2D eigenvalue weighted by atomic mass is 14.2. The molecule has 0 saturated heterocycles. The molecule has 1 aromatic carbocycles. The molecule has 0 atom stereocenters. The van der Waals surface area contributed by atoms with Crippen LogP contribution in [0, 0.1) is 13.8 Å². The van der Waals surface area contributed by atoms with Gasteiger partial charge in [0.15, 0.2) is 0 Å². The minimum Gasteiger partial charge on any atom is -0.0623 e. The molecule has 110 valence electrons. The van der Waals surface area contributed by atoms with E-state index in [1.165, 1.54) is 42.4 Å². The van der Waals surface area contributed by atoms with Crippen molar-refractivity contribution in [1.29, 1.82) is 0 Å². The third-order valence-corrected chi connectivity index (χ3v) is 4.15. The highest BCUT2D eigenvalue weighted by molar-refractivity contribution is 5.27. The number of aryl methyl sites for hydroxylation is 2. The molecule has 0 heteroatoms. The van der Waals surface area contributed by atoms with E-state index in [9.17, 15) is 0 Å². The molecule has 0 unspecified atom stereocenters. The topological polar surface area (TPSA) is 0 Å². The first-order valence-electron chi connectivity index (χ1n) is 8.01. The molecule has 21 heavy (non-hydrogen) atoms. The van der Waals surface area contributed by atoms with E-state index in [0.717, 1.165) is 5.92 Å². The lowest BCUT2D eigenvalue weighted by Crippen LogP contribution is -1.93. The van der Waals surface area contributed by atoms with Gasteiger partial charge in [-0.3, -0.25) is 0 Å². The van der Waals surface area contributed by atoms with Crippen molar-refractivity contribution in [1.82, 2.24) is 0 Å². The first kappa shape index (κ1) is 15.6. The SMILES string of the molecule is Cc1ccccccc(C2CCCC2)c(C)ccccc1. The van der Waals surface area contributed by atoms with Crippen LogP contribution in [0.1, 0.15) is 48.3 Å². The molecule has 0 aliphatic heterocycles. The van der Waals surface area contributed by atoms with Crippen molar-refractivity contribution in [2.75, 3.05) is 0 Å². The van der Waals surface area contributed by atoms with Crippen LogP contribution in [0.25, 0.3) is 0 Å². The van der Waals surface area contributed by atoms with Gasteiger partial charge in [0, 0.05) is 0 Å². The summed E-state index contributed by atoms with van der Waals surface area (Å²) >= 11 is 0. The van der Waals surface area contributed by atoms with Crippen molar-refractivity contribution >= 4 is 0 Å². The number of rotatable bonds is 1. The zero-order valence-corrected chi connectivity index (χ0v) is 13.3. The number of hydrogen-bond donors (Lipinski definition) is 0. The maximum atomic E-state index is 2.30. The second-order valence-corrected chi connectivity index (χ2v) is 5.88. The molecule has 2 rings (SSSR count). The first-order valence-corrected chi connectivity index (χ1v) is 8.01. The maximum Gasteiger partial charge on any atom is -0.0159 e. The van der Waals surface area contributed by atoms with E-state index < -0.39 is 0 Å². The maximum absolute atomic E-state index is 2.30. The summed E-state index contributed by atoms with van der Waals surface area (Å²) in [4.78, 5) is 0. The van der Waals surface area contributed by atoms with Gasteiger partial charge < -0.3 is 0 Å². The Labute approximate surface area is 129 Å². The summed E-state index contributed by atoms with van der Waals surface area (Å²) < 4.78 is 0. The third kappa shape index (κ3) is 5.23. The molecule has 1 saturated carbocycles. The lowest BCUT2D eigenvalue weighted by atomic mass is 9.95. The van der Waals surface area contributed by atoms with Crippen molar-refractivity contribution in [3.05, 3.63) is 83.4 Å². The Morgan fingerprint density at radius 2 is 1.19 bits per heavy atom. The average molecular weight is 278 g/mol. The quantitative estimate of drug-likeness (QED) is 0.573. The van der Waals surface area contributed by atoms with Crippen LogP contribution in [0.3, 0.4) is 0 Å². The molecule has 1 aromatic rings. The van der Waals surface area contributed by atoms with Crippen molar-refractivity contribution in [2.24, 2.45) is 0 Å². The molecule has 1 fully saturated rings. The van der Waals surface area contributed by atoms with E-state index in [-0.39, 0.29) is 0 Å². The summed E-state index contributed by atoms with van der Waals surface area (Å²) in [5, 5.41) is 0. The van der Waals surface area contributed by atoms with Gasteiger partial charge in [-0.2, -0.15) is 0 Å². The Hall–Kier alpha value is -1.82. The molecule has 0 bridgehead atoms. The van der Waals surface area contributed by atoms with Crippen LogP contribution in [0.15, 0.2) is 66.7 Å². The second-order valence-electron chi connectivity index (χ2n) is 5.88. The van der Waals surface area contributed by atoms with Crippen molar-refractivity contribution < 1.29 is 0 Å². The predicted molar refractivity (Wildman–Crippen MR) is 92.4 cm³/mol. The lowest BCUT2D eigenvalue weighted by molar-refractivity contribution is 0.719. The van der Waals surface area contributed by atoms with E-state index in [2.05, 4.69) is 80.6 Å². The van der Waals surface area contributed by atoms with Crippen molar-refractivity contribution in [3.8, 4) is 0 Å². The Balaban J connectivity index is 2.47. The lowest BCUT2D eigenvalue weighted by Gasteiger charge is -2.10. The van der Waals surface area contributed by atoms with Crippen LogP contribution >= 0.6 is 0 Å². The van der Waals surface area contributed by atoms with Gasteiger partial charge in [0.1, 0.15) is 0 Å². The normalized spacial score (nSPS) is 14.2. The van der Waals surface area contributed by atoms with Gasteiger partial charge in [-0.1, -0.05) is 85.1 Å². The van der Waals surface area contributed by atoms with E-state index in [1.807, 2.05) is 0 Å². The second kappa shape index (κ2) is 8.46. The average Bonchev–Trinajstić information content (AvgIpc) is 2.99. The minimum absolute atomic E-state index is 0.744. The molecule has 0 N–H and O–H groups in total. The zero-order valence-electron chi connectivity index (χ0n) is 13.3. The largest absolute Gasteiger partial charge is 0.0623 e. The van der Waals surface area contributed by atoms with E-state index in [4.69, 9.17) is 0 Å². The van der Waals surface area contributed by atoms with Gasteiger partial charge in [0.05, 0.1) is 0 Å². The predicted octanol–water partition coefficient (Wildman–Crippen LogP) is 6.21. The van der Waals surface area contributed by atoms with Gasteiger partial charge in [0.25, 0.3) is 0 Å². The van der Waals surface area contributed by atoms with Crippen molar-refractivity contribution in [2.45, 2.75) is 45.4 Å². The molecule has 0 amide bonds. The van der Waals surface area contributed by atoms with Gasteiger partial charge in [-0.25, -0.2) is 0 Å². The summed E-state index contributed by atoms with van der Waals surface area (Å²) in [7, 11) is 0. The summed E-state index contributed by atoms with van der Waals surface area (Å²) in [5.74, 6) is 0.744. The van der Waals surface area contributed by atoms with Gasteiger partial charge in [-0.15, -0.1) is 0 Å². The Kier molecular flexibility index (Phi) is 6.27. The molecular formula is C21H26. The molecular weight excluding hydrogens is 252 g/mol. The molecule has 0 heterocycles. The van der Waals surface area contributed by atoms with Gasteiger partial charge in [-0.05, 0) is 43.7 Å². The van der Waals surface area contributed by atoms with Crippen LogP contribution < -0.4 is 0 Å². The fourth-order valence-corrected chi connectivity index (χ4v) is 2.94. The van der Waals surface area contributed by atoms with Crippen molar-refractivity contribution in [3.63, 3.8) is 0 Å². The molecule has 0 spiro atoms. The van der Waals surface area contributed by atoms with E-state index in [1.54, 1.807) is 0 Å². The molecule has 0 aromatic heterocycles. The zero-order chi connectivity index (χ0) is 14.9. The molecule has 1 aliphatic rings. The molecule has 1 aliphatic carbocycles. The van der Waals surface area contributed by atoms with Gasteiger partial charge in [0.2, 0.25) is 0 Å².